The fourth-order valence-electron chi connectivity index (χ4n) is 2.99. The number of ether oxygens (including phenoxy) is 1. The van der Waals surface area contributed by atoms with Gasteiger partial charge < -0.3 is 4.74 Å². The fourth-order valence-corrected chi connectivity index (χ4v) is 2.99. The van der Waals surface area contributed by atoms with Crippen molar-refractivity contribution in [2.75, 3.05) is 6.61 Å². The molecular formula is C10H14O2. The summed E-state index contributed by atoms with van der Waals surface area (Å²) in [4.78, 5) is 11.3. The molecule has 12 heavy (non-hydrogen) atoms. The van der Waals surface area contributed by atoms with Crippen LogP contribution in [0.4, 0.5) is 0 Å². The van der Waals surface area contributed by atoms with Crippen LogP contribution in [0, 0.1) is 11.8 Å². The van der Waals surface area contributed by atoms with Crippen LogP contribution in [0.2, 0.25) is 0 Å². The predicted octanol–water partition coefficient (Wildman–Crippen LogP) is 1.53. The second-order valence-corrected chi connectivity index (χ2v) is 4.66. The van der Waals surface area contributed by atoms with E-state index < -0.39 is 0 Å². The van der Waals surface area contributed by atoms with Gasteiger partial charge in [0.1, 0.15) is 5.78 Å². The molecule has 0 aromatic carbocycles. The summed E-state index contributed by atoms with van der Waals surface area (Å²) in [6.45, 7) is 0.679. The summed E-state index contributed by atoms with van der Waals surface area (Å²) in [6.07, 6.45) is 5.10. The van der Waals surface area contributed by atoms with E-state index in [1.54, 1.807) is 0 Å². The monoisotopic (exact) mass is 166 g/mol. The molecule has 2 unspecified atom stereocenters. The lowest BCUT2D eigenvalue weighted by molar-refractivity contribution is -0.140. The van der Waals surface area contributed by atoms with Crippen LogP contribution in [-0.4, -0.2) is 18.0 Å². The number of hydrogen-bond acceptors (Lipinski definition) is 2. The van der Waals surface area contributed by atoms with Crippen molar-refractivity contribution in [3.05, 3.63) is 0 Å². The molecular weight excluding hydrogens is 152 g/mol. The van der Waals surface area contributed by atoms with Gasteiger partial charge in [-0.2, -0.15) is 0 Å². The summed E-state index contributed by atoms with van der Waals surface area (Å²) >= 11 is 0. The lowest BCUT2D eigenvalue weighted by atomic mass is 9.88. The summed E-state index contributed by atoms with van der Waals surface area (Å²) in [7, 11) is 0. The van der Waals surface area contributed by atoms with Gasteiger partial charge >= 0.3 is 0 Å². The molecule has 0 bridgehead atoms. The SMILES string of the molecule is O=C1CCOC2(C1)CC1CC1C2. The Kier molecular flexibility index (Phi) is 1.24. The maximum absolute atomic E-state index is 11.3. The van der Waals surface area contributed by atoms with Crippen molar-refractivity contribution in [3.8, 4) is 0 Å². The predicted molar refractivity (Wildman–Crippen MR) is 43.8 cm³/mol. The Morgan fingerprint density at radius 2 is 2.08 bits per heavy atom. The number of fused-ring (bicyclic) bond motifs is 1. The number of carbonyl (C=O) groups excluding carboxylic acids is 1. The highest BCUT2D eigenvalue weighted by Crippen LogP contribution is 2.59. The topological polar surface area (TPSA) is 26.3 Å². The molecule has 2 nitrogen and oxygen atoms in total. The van der Waals surface area contributed by atoms with E-state index in [2.05, 4.69) is 0 Å². The van der Waals surface area contributed by atoms with Crippen LogP contribution < -0.4 is 0 Å². The van der Waals surface area contributed by atoms with Gasteiger partial charge in [0.05, 0.1) is 12.2 Å². The Bertz CT molecular complexity index is 224. The van der Waals surface area contributed by atoms with Gasteiger partial charge in [-0.15, -0.1) is 0 Å². The third-order valence-corrected chi connectivity index (χ3v) is 3.65. The van der Waals surface area contributed by atoms with Crippen LogP contribution in [0.25, 0.3) is 0 Å². The lowest BCUT2D eigenvalue weighted by Gasteiger charge is -2.34. The lowest BCUT2D eigenvalue weighted by Crippen LogP contribution is -2.38. The molecule has 0 N–H and O–H groups in total. The van der Waals surface area contributed by atoms with Crippen molar-refractivity contribution in [1.29, 1.82) is 0 Å². The Morgan fingerprint density at radius 3 is 2.75 bits per heavy atom. The second kappa shape index (κ2) is 2.11. The van der Waals surface area contributed by atoms with Crippen LogP contribution in [0.3, 0.4) is 0 Å². The molecule has 2 saturated carbocycles. The van der Waals surface area contributed by atoms with Crippen molar-refractivity contribution in [3.63, 3.8) is 0 Å². The minimum Gasteiger partial charge on any atom is -0.374 e. The van der Waals surface area contributed by atoms with Crippen molar-refractivity contribution in [2.45, 2.75) is 37.7 Å². The zero-order valence-electron chi connectivity index (χ0n) is 7.21. The van der Waals surface area contributed by atoms with E-state index in [1.807, 2.05) is 0 Å². The number of rotatable bonds is 0. The first-order valence-electron chi connectivity index (χ1n) is 4.93. The van der Waals surface area contributed by atoms with Gasteiger partial charge in [-0.1, -0.05) is 0 Å². The van der Waals surface area contributed by atoms with E-state index in [-0.39, 0.29) is 5.60 Å². The third kappa shape index (κ3) is 0.939. The number of ketones is 1. The van der Waals surface area contributed by atoms with Crippen molar-refractivity contribution in [2.24, 2.45) is 11.8 Å². The molecule has 1 saturated heterocycles. The first-order chi connectivity index (χ1) is 5.77. The number of carbonyl (C=O) groups is 1. The van der Waals surface area contributed by atoms with Crippen molar-refractivity contribution < 1.29 is 9.53 Å². The van der Waals surface area contributed by atoms with E-state index in [4.69, 9.17) is 4.74 Å². The van der Waals surface area contributed by atoms with Gasteiger partial charge in [0, 0.05) is 12.8 Å². The highest BCUT2D eigenvalue weighted by Gasteiger charge is 2.55. The molecule has 2 atom stereocenters. The molecule has 2 aliphatic carbocycles. The summed E-state index contributed by atoms with van der Waals surface area (Å²) in [6, 6.07) is 0. The molecule has 3 rings (SSSR count). The zero-order valence-corrected chi connectivity index (χ0v) is 7.21. The summed E-state index contributed by atoms with van der Waals surface area (Å²) in [5.74, 6) is 2.24. The van der Waals surface area contributed by atoms with Crippen molar-refractivity contribution in [1.82, 2.24) is 0 Å². The van der Waals surface area contributed by atoms with Crippen LogP contribution in [0.1, 0.15) is 32.1 Å². The Labute approximate surface area is 72.3 Å². The molecule has 3 fully saturated rings. The summed E-state index contributed by atoms with van der Waals surface area (Å²) in [5, 5.41) is 0. The van der Waals surface area contributed by atoms with E-state index in [0.717, 1.165) is 11.8 Å². The third-order valence-electron chi connectivity index (χ3n) is 3.65. The van der Waals surface area contributed by atoms with Crippen LogP contribution in [0.5, 0.6) is 0 Å². The largest absolute Gasteiger partial charge is 0.374 e. The van der Waals surface area contributed by atoms with Crippen LogP contribution in [-0.2, 0) is 9.53 Å². The average Bonchev–Trinajstić information content (AvgIpc) is 2.59. The Balaban J connectivity index is 1.77. The molecule has 0 aromatic rings. The Hall–Kier alpha value is -0.370. The molecule has 2 heteroatoms. The van der Waals surface area contributed by atoms with Gasteiger partial charge in [0.15, 0.2) is 0 Å². The fraction of sp³-hybridized carbons (Fsp3) is 0.900. The summed E-state index contributed by atoms with van der Waals surface area (Å²) < 4.78 is 5.78. The quantitative estimate of drug-likeness (QED) is 0.545. The maximum Gasteiger partial charge on any atom is 0.138 e. The van der Waals surface area contributed by atoms with E-state index in [9.17, 15) is 4.79 Å². The summed E-state index contributed by atoms with van der Waals surface area (Å²) in [5.41, 5.74) is 0.0168. The molecule has 3 aliphatic rings. The van der Waals surface area contributed by atoms with Crippen molar-refractivity contribution >= 4 is 5.78 Å². The van der Waals surface area contributed by atoms with Crippen LogP contribution >= 0.6 is 0 Å². The van der Waals surface area contributed by atoms with Gasteiger partial charge in [-0.25, -0.2) is 0 Å². The first-order valence-corrected chi connectivity index (χ1v) is 4.93. The van der Waals surface area contributed by atoms with Gasteiger partial charge in [0.25, 0.3) is 0 Å². The zero-order chi connectivity index (χ0) is 8.18. The maximum atomic E-state index is 11.3. The van der Waals surface area contributed by atoms with Gasteiger partial charge in [-0.3, -0.25) is 4.79 Å². The number of Topliss-reactive ketones (excluding diaryl/α,β-unsaturated/α-hetero) is 1. The first kappa shape index (κ1) is 7.07. The molecule has 0 aromatic heterocycles. The Morgan fingerprint density at radius 1 is 1.33 bits per heavy atom. The molecule has 1 heterocycles. The van der Waals surface area contributed by atoms with Crippen LogP contribution in [0.15, 0.2) is 0 Å². The van der Waals surface area contributed by atoms with E-state index in [1.165, 1.54) is 19.3 Å². The minimum atomic E-state index is 0.0168. The standard InChI is InChI=1S/C10H14O2/c11-9-1-2-12-10(6-9)4-7-3-8(7)5-10/h7-8H,1-6H2. The number of hydrogen-bond donors (Lipinski definition) is 0. The molecule has 1 spiro atoms. The normalized spacial score (nSPS) is 51.2. The van der Waals surface area contributed by atoms with E-state index >= 15 is 0 Å². The minimum absolute atomic E-state index is 0.0168. The average molecular weight is 166 g/mol. The molecule has 66 valence electrons. The van der Waals surface area contributed by atoms with Gasteiger partial charge in [0.2, 0.25) is 0 Å². The molecule has 0 amide bonds. The van der Waals surface area contributed by atoms with E-state index in [0.29, 0.717) is 25.2 Å². The highest BCUT2D eigenvalue weighted by molar-refractivity contribution is 5.80. The molecule has 0 radical (unpaired) electrons. The van der Waals surface area contributed by atoms with Gasteiger partial charge in [-0.05, 0) is 31.1 Å². The molecule has 1 aliphatic heterocycles. The second-order valence-electron chi connectivity index (χ2n) is 4.66. The highest BCUT2D eigenvalue weighted by atomic mass is 16.5. The smallest absolute Gasteiger partial charge is 0.138 e.